The number of para-hydroxylation sites is 1. The Labute approximate surface area is 211 Å². The zero-order valence-electron chi connectivity index (χ0n) is 18.9. The van der Waals surface area contributed by atoms with E-state index >= 15 is 0 Å². The first kappa shape index (κ1) is 26.3. The molecule has 2 unspecified atom stereocenters. The molecule has 1 aliphatic rings. The summed E-state index contributed by atoms with van der Waals surface area (Å²) in [7, 11) is 0. The molecule has 2 amide bonds. The molecule has 0 saturated heterocycles. The number of rotatable bonds is 10. The molecule has 2 aromatic carbocycles. The predicted octanol–water partition coefficient (Wildman–Crippen LogP) is 4.08. The van der Waals surface area contributed by atoms with Crippen LogP contribution in [0.4, 0.5) is 5.69 Å². The van der Waals surface area contributed by atoms with Gasteiger partial charge in [-0.2, -0.15) is 0 Å². The largest absolute Gasteiger partial charge is 0.617 e. The third-order valence-electron chi connectivity index (χ3n) is 5.60. The number of nitrogens with one attached hydrogen (secondary N) is 1. The zero-order valence-corrected chi connectivity index (χ0v) is 21.3. The van der Waals surface area contributed by atoms with E-state index in [2.05, 4.69) is 5.32 Å². The van der Waals surface area contributed by atoms with E-state index in [0.717, 1.165) is 0 Å². The number of esters is 1. The van der Waals surface area contributed by atoms with E-state index in [1.807, 2.05) is 0 Å². The summed E-state index contributed by atoms with van der Waals surface area (Å²) in [6.07, 6.45) is 2.09. The van der Waals surface area contributed by atoms with Crippen LogP contribution < -0.4 is 10.2 Å². The molecule has 7 nitrogen and oxygen atoms in total. The fraction of sp³-hybridized carbons (Fsp3) is 0.375. The van der Waals surface area contributed by atoms with Gasteiger partial charge in [-0.1, -0.05) is 52.6 Å². The van der Waals surface area contributed by atoms with Crippen LogP contribution in [0, 0.1) is 0 Å². The normalized spacial score (nSPS) is 17.9. The van der Waals surface area contributed by atoms with Crippen molar-refractivity contribution in [3.05, 3.63) is 63.6 Å². The number of nitrogens with zero attached hydrogens (tertiary/aromatic N) is 1. The topological polar surface area (TPSA) is 98.8 Å². The number of hydrogen-bond acceptors (Lipinski definition) is 5. The molecule has 0 fully saturated rings. The Bertz CT molecular complexity index is 1080. The van der Waals surface area contributed by atoms with Gasteiger partial charge in [-0.05, 0) is 37.6 Å². The minimum absolute atomic E-state index is 0.0188. The number of carbonyl (C=O) groups is 3. The van der Waals surface area contributed by atoms with Gasteiger partial charge >= 0.3 is 5.97 Å². The highest BCUT2D eigenvalue weighted by molar-refractivity contribution is 7.90. The zero-order chi connectivity index (χ0) is 24.9. The van der Waals surface area contributed by atoms with Crippen LogP contribution in [0.25, 0.3) is 0 Å². The van der Waals surface area contributed by atoms with Crippen LogP contribution in [0.1, 0.15) is 42.1 Å². The summed E-state index contributed by atoms with van der Waals surface area (Å²) < 4.78 is 16.6. The van der Waals surface area contributed by atoms with Gasteiger partial charge in [0, 0.05) is 36.2 Å². The average molecular weight is 525 g/mol. The van der Waals surface area contributed by atoms with Gasteiger partial charge in [-0.3, -0.25) is 14.4 Å². The molecule has 0 spiro atoms. The molecule has 2 atom stereocenters. The lowest BCUT2D eigenvalue weighted by Gasteiger charge is -2.30. The molecule has 10 heteroatoms. The van der Waals surface area contributed by atoms with Gasteiger partial charge in [0.1, 0.15) is 11.3 Å². The first-order chi connectivity index (χ1) is 16.2. The van der Waals surface area contributed by atoms with E-state index in [0.29, 0.717) is 35.0 Å². The van der Waals surface area contributed by atoms with E-state index in [-0.39, 0.29) is 35.9 Å². The van der Waals surface area contributed by atoms with Gasteiger partial charge in [0.05, 0.1) is 22.9 Å². The first-order valence-electron chi connectivity index (χ1n) is 10.8. The van der Waals surface area contributed by atoms with Crippen LogP contribution in [-0.4, -0.2) is 47.5 Å². The molecule has 2 aromatic rings. The fourth-order valence-electron chi connectivity index (χ4n) is 4.02. The third-order valence-corrected chi connectivity index (χ3v) is 7.20. The summed E-state index contributed by atoms with van der Waals surface area (Å²) in [4.78, 5) is 40.9. The molecule has 1 aliphatic heterocycles. The summed E-state index contributed by atoms with van der Waals surface area (Å²) in [5.41, 5.74) is -0.00389. The summed E-state index contributed by atoms with van der Waals surface area (Å²) in [6.45, 7) is 2.25. The van der Waals surface area contributed by atoms with E-state index in [1.165, 1.54) is 18.2 Å². The number of anilines is 1. The molecule has 1 heterocycles. The van der Waals surface area contributed by atoms with Gasteiger partial charge < -0.3 is 19.5 Å². The lowest BCUT2D eigenvalue weighted by molar-refractivity contribution is -0.143. The van der Waals surface area contributed by atoms with Gasteiger partial charge in [0.25, 0.3) is 11.8 Å². The van der Waals surface area contributed by atoms with Crippen molar-refractivity contribution in [2.24, 2.45) is 0 Å². The Morgan fingerprint density at radius 2 is 1.91 bits per heavy atom. The molecule has 0 bridgehead atoms. The van der Waals surface area contributed by atoms with Crippen LogP contribution in [0.2, 0.25) is 10.0 Å². The average Bonchev–Trinajstić information content (AvgIpc) is 3.02. The van der Waals surface area contributed by atoms with Gasteiger partial charge in [0.15, 0.2) is 0 Å². The number of carbonyl (C=O) groups excluding carboxylic acids is 3. The van der Waals surface area contributed by atoms with E-state index in [4.69, 9.17) is 27.9 Å². The maximum absolute atomic E-state index is 13.9. The maximum atomic E-state index is 13.9. The highest BCUT2D eigenvalue weighted by Gasteiger charge is 2.51. The molecule has 0 saturated carbocycles. The van der Waals surface area contributed by atoms with Crippen LogP contribution in [0.3, 0.4) is 0 Å². The summed E-state index contributed by atoms with van der Waals surface area (Å²) in [6, 6.07) is 11.6. The van der Waals surface area contributed by atoms with Crippen LogP contribution in [0.15, 0.2) is 42.5 Å². The van der Waals surface area contributed by atoms with Crippen molar-refractivity contribution in [3.8, 4) is 0 Å². The second-order valence-corrected chi connectivity index (χ2v) is 10.3. The predicted molar refractivity (Wildman–Crippen MR) is 134 cm³/mol. The lowest BCUT2D eigenvalue weighted by atomic mass is 9.86. The Morgan fingerprint density at radius 1 is 1.18 bits per heavy atom. The molecule has 0 aliphatic carbocycles. The fourth-order valence-corrected chi connectivity index (χ4v) is 4.86. The summed E-state index contributed by atoms with van der Waals surface area (Å²) in [5, 5.41) is 3.40. The van der Waals surface area contributed by atoms with Crippen molar-refractivity contribution >= 4 is 57.8 Å². The second-order valence-electron chi connectivity index (χ2n) is 7.90. The van der Waals surface area contributed by atoms with Crippen molar-refractivity contribution < 1.29 is 23.7 Å². The maximum Gasteiger partial charge on any atom is 0.305 e. The molecule has 34 heavy (non-hydrogen) atoms. The Kier molecular flexibility index (Phi) is 8.87. The monoisotopic (exact) mass is 524 g/mol. The number of hydrogen-bond donors (Lipinski definition) is 1. The molecule has 0 aromatic heterocycles. The SMILES string of the molecule is CCOC(=O)CCC1(NC(=O)c2ccc(Cl)c(Cl)c2)C(=O)N(CCC[S+](C)[O-])c2ccccc21. The number of fused-ring (bicyclic) bond motifs is 1. The van der Waals surface area contributed by atoms with Crippen LogP contribution in [0.5, 0.6) is 0 Å². The van der Waals surface area contributed by atoms with Gasteiger partial charge in [-0.25, -0.2) is 0 Å². The third kappa shape index (κ3) is 5.68. The van der Waals surface area contributed by atoms with Crippen molar-refractivity contribution in [1.29, 1.82) is 0 Å². The summed E-state index contributed by atoms with van der Waals surface area (Å²) >= 11 is 11.1. The number of halogens is 2. The Hall–Kier alpha value is -2.26. The van der Waals surface area contributed by atoms with E-state index in [1.54, 1.807) is 42.3 Å². The molecule has 0 radical (unpaired) electrons. The van der Waals surface area contributed by atoms with Crippen molar-refractivity contribution in [2.45, 2.75) is 31.7 Å². The minimum atomic E-state index is -1.47. The molecule has 3 rings (SSSR count). The molecule has 1 N–H and O–H groups in total. The number of amides is 2. The van der Waals surface area contributed by atoms with Gasteiger partial charge in [-0.15, -0.1) is 0 Å². The smallest absolute Gasteiger partial charge is 0.305 e. The molecular formula is C24H26Cl2N2O5S. The number of benzene rings is 2. The van der Waals surface area contributed by atoms with E-state index in [9.17, 15) is 18.9 Å². The van der Waals surface area contributed by atoms with Crippen molar-refractivity contribution in [2.75, 3.05) is 30.1 Å². The first-order valence-corrected chi connectivity index (χ1v) is 13.3. The quantitative estimate of drug-likeness (QED) is 0.373. The standard InChI is InChI=1S/C24H26Cl2N2O5S/c1-3-33-21(29)11-12-24(27-22(30)16-9-10-18(25)19(26)15-16)17-7-4-5-8-20(17)28(23(24)31)13-6-14-34(2)32/h4-5,7-10,15H,3,6,11-14H2,1-2H3,(H,27,30). The van der Waals surface area contributed by atoms with Crippen molar-refractivity contribution in [1.82, 2.24) is 5.32 Å². The van der Waals surface area contributed by atoms with Gasteiger partial charge in [0.2, 0.25) is 0 Å². The van der Waals surface area contributed by atoms with Crippen molar-refractivity contribution in [3.63, 3.8) is 0 Å². The number of ether oxygens (including phenoxy) is 1. The highest BCUT2D eigenvalue weighted by atomic mass is 35.5. The molecular weight excluding hydrogens is 499 g/mol. The van der Waals surface area contributed by atoms with E-state index < -0.39 is 28.6 Å². The Balaban J connectivity index is 1.99. The lowest BCUT2D eigenvalue weighted by Crippen LogP contribution is -2.53. The molecule has 182 valence electrons. The highest BCUT2D eigenvalue weighted by Crippen LogP contribution is 2.43. The van der Waals surface area contributed by atoms with Crippen LogP contribution in [-0.2, 0) is 31.0 Å². The summed E-state index contributed by atoms with van der Waals surface area (Å²) in [5.74, 6) is -0.900. The second kappa shape index (κ2) is 11.4. The minimum Gasteiger partial charge on any atom is -0.617 e. The van der Waals surface area contributed by atoms with Crippen LogP contribution >= 0.6 is 23.2 Å². The Morgan fingerprint density at radius 3 is 2.59 bits per heavy atom.